The Hall–Kier alpha value is -0.980. The molecule has 0 spiro atoms. The largest absolute Gasteiger partial charge is 0.351 e. The van der Waals surface area contributed by atoms with E-state index in [1.165, 1.54) is 5.57 Å². The number of rotatable bonds is 2. The van der Waals surface area contributed by atoms with E-state index < -0.39 is 0 Å². The number of hydrogen-bond acceptors (Lipinski definition) is 0. The molecule has 1 rings (SSSR count). The van der Waals surface area contributed by atoms with Gasteiger partial charge in [0.25, 0.3) is 0 Å². The lowest BCUT2D eigenvalue weighted by molar-refractivity contribution is 0.824. The van der Waals surface area contributed by atoms with E-state index in [4.69, 9.17) is 0 Å². The quantitative estimate of drug-likeness (QED) is 0.549. The second-order valence-corrected chi connectivity index (χ2v) is 2.66. The van der Waals surface area contributed by atoms with Crippen molar-refractivity contribution in [2.75, 3.05) is 0 Å². The zero-order valence-electron chi connectivity index (χ0n) is 6.54. The Kier molecular flexibility index (Phi) is 2.32. The van der Waals surface area contributed by atoms with Crippen molar-refractivity contribution in [2.45, 2.75) is 20.4 Å². The number of aromatic nitrogens is 1. The smallest absolute Gasteiger partial charge is 0.0402 e. The molecule has 0 aliphatic carbocycles. The zero-order valence-corrected chi connectivity index (χ0v) is 6.54. The minimum Gasteiger partial charge on any atom is -0.351 e. The summed E-state index contributed by atoms with van der Waals surface area (Å²) < 4.78 is 2.15. The average molecular weight is 135 g/mol. The van der Waals surface area contributed by atoms with Crippen LogP contribution in [-0.4, -0.2) is 4.57 Å². The average Bonchev–Trinajstić information content (AvgIpc) is 2.34. The fourth-order valence-corrected chi connectivity index (χ4v) is 0.780. The van der Waals surface area contributed by atoms with Crippen LogP contribution in [0.1, 0.15) is 13.8 Å². The zero-order chi connectivity index (χ0) is 7.40. The van der Waals surface area contributed by atoms with Gasteiger partial charge in [-0.1, -0.05) is 11.6 Å². The SMILES string of the molecule is CC(C)=CCn1cccc1. The Labute approximate surface area is 62.0 Å². The fraction of sp³-hybridized carbons (Fsp3) is 0.333. The molecule has 0 aliphatic heterocycles. The number of nitrogens with zero attached hydrogens (tertiary/aromatic N) is 1. The first-order valence-electron chi connectivity index (χ1n) is 3.53. The maximum Gasteiger partial charge on any atom is 0.0402 e. The monoisotopic (exact) mass is 135 g/mol. The van der Waals surface area contributed by atoms with E-state index in [1.54, 1.807) is 0 Å². The topological polar surface area (TPSA) is 4.93 Å². The van der Waals surface area contributed by atoms with Crippen LogP contribution in [0.25, 0.3) is 0 Å². The molecule has 0 saturated heterocycles. The van der Waals surface area contributed by atoms with E-state index in [0.717, 1.165) is 6.54 Å². The third-order valence-electron chi connectivity index (χ3n) is 1.38. The molecule has 0 aliphatic rings. The van der Waals surface area contributed by atoms with Gasteiger partial charge in [-0.3, -0.25) is 0 Å². The van der Waals surface area contributed by atoms with Gasteiger partial charge in [-0.25, -0.2) is 0 Å². The Balaban J connectivity index is 2.49. The maximum atomic E-state index is 2.21. The summed E-state index contributed by atoms with van der Waals surface area (Å²) in [4.78, 5) is 0. The van der Waals surface area contributed by atoms with Crippen LogP contribution in [-0.2, 0) is 6.54 Å². The second kappa shape index (κ2) is 3.25. The van der Waals surface area contributed by atoms with Gasteiger partial charge in [0.15, 0.2) is 0 Å². The Morgan fingerprint density at radius 2 is 1.90 bits per heavy atom. The summed E-state index contributed by atoms with van der Waals surface area (Å²) in [7, 11) is 0. The molecule has 1 heteroatoms. The van der Waals surface area contributed by atoms with E-state index in [0.29, 0.717) is 0 Å². The predicted octanol–water partition coefficient (Wildman–Crippen LogP) is 2.45. The van der Waals surface area contributed by atoms with Crippen LogP contribution in [0.3, 0.4) is 0 Å². The molecule has 1 heterocycles. The molecule has 1 aromatic rings. The molecule has 0 aromatic carbocycles. The van der Waals surface area contributed by atoms with Crippen molar-refractivity contribution in [1.29, 1.82) is 0 Å². The van der Waals surface area contributed by atoms with Crippen LogP contribution in [0.5, 0.6) is 0 Å². The van der Waals surface area contributed by atoms with Crippen LogP contribution in [0.2, 0.25) is 0 Å². The first-order chi connectivity index (χ1) is 4.79. The van der Waals surface area contributed by atoms with Crippen LogP contribution < -0.4 is 0 Å². The highest BCUT2D eigenvalue weighted by molar-refractivity contribution is 4.97. The van der Waals surface area contributed by atoms with E-state index >= 15 is 0 Å². The highest BCUT2D eigenvalue weighted by atomic mass is 14.9. The summed E-state index contributed by atoms with van der Waals surface area (Å²) in [5, 5.41) is 0. The van der Waals surface area contributed by atoms with Gasteiger partial charge in [0.1, 0.15) is 0 Å². The van der Waals surface area contributed by atoms with Crippen LogP contribution in [0, 0.1) is 0 Å². The normalized spacial score (nSPS) is 9.40. The van der Waals surface area contributed by atoms with Gasteiger partial charge >= 0.3 is 0 Å². The van der Waals surface area contributed by atoms with Crippen molar-refractivity contribution in [3.8, 4) is 0 Å². The fourth-order valence-electron chi connectivity index (χ4n) is 0.780. The highest BCUT2D eigenvalue weighted by Crippen LogP contribution is 1.94. The van der Waals surface area contributed by atoms with Crippen LogP contribution >= 0.6 is 0 Å². The molecule has 0 radical (unpaired) electrons. The molecule has 0 atom stereocenters. The molecular weight excluding hydrogens is 122 g/mol. The lowest BCUT2D eigenvalue weighted by atomic mass is 10.3. The van der Waals surface area contributed by atoms with Gasteiger partial charge in [0.05, 0.1) is 0 Å². The molecule has 0 fully saturated rings. The van der Waals surface area contributed by atoms with E-state index in [-0.39, 0.29) is 0 Å². The third-order valence-corrected chi connectivity index (χ3v) is 1.38. The lowest BCUT2D eigenvalue weighted by Gasteiger charge is -1.95. The lowest BCUT2D eigenvalue weighted by Crippen LogP contribution is -1.89. The molecule has 10 heavy (non-hydrogen) atoms. The van der Waals surface area contributed by atoms with Crippen LogP contribution in [0.15, 0.2) is 36.2 Å². The van der Waals surface area contributed by atoms with Crippen LogP contribution in [0.4, 0.5) is 0 Å². The van der Waals surface area contributed by atoms with Gasteiger partial charge in [-0.2, -0.15) is 0 Å². The van der Waals surface area contributed by atoms with Crippen molar-refractivity contribution in [1.82, 2.24) is 4.57 Å². The molecule has 0 unspecified atom stereocenters. The summed E-state index contributed by atoms with van der Waals surface area (Å²) in [6, 6.07) is 4.08. The summed E-state index contributed by atoms with van der Waals surface area (Å²) in [5.41, 5.74) is 1.37. The van der Waals surface area contributed by atoms with E-state index in [9.17, 15) is 0 Å². The number of allylic oxidation sites excluding steroid dienone is 2. The minimum atomic E-state index is 0.995. The predicted molar refractivity (Wildman–Crippen MR) is 43.9 cm³/mol. The molecule has 1 aromatic heterocycles. The summed E-state index contributed by atoms with van der Waals surface area (Å²) in [5.74, 6) is 0. The molecule has 54 valence electrons. The maximum absolute atomic E-state index is 2.21. The first kappa shape index (κ1) is 7.13. The highest BCUT2D eigenvalue weighted by Gasteiger charge is 1.82. The molecule has 0 N–H and O–H groups in total. The second-order valence-electron chi connectivity index (χ2n) is 2.66. The van der Waals surface area contributed by atoms with Gasteiger partial charge < -0.3 is 4.57 Å². The molecule has 0 bridgehead atoms. The van der Waals surface area contributed by atoms with E-state index in [1.807, 2.05) is 12.1 Å². The van der Waals surface area contributed by atoms with Crippen molar-refractivity contribution in [2.24, 2.45) is 0 Å². The number of hydrogen-bond donors (Lipinski definition) is 0. The first-order valence-corrected chi connectivity index (χ1v) is 3.53. The van der Waals surface area contributed by atoms with Crippen molar-refractivity contribution >= 4 is 0 Å². The Morgan fingerprint density at radius 3 is 2.40 bits per heavy atom. The Bertz CT molecular complexity index is 203. The molecule has 1 nitrogen and oxygen atoms in total. The van der Waals surface area contributed by atoms with Gasteiger partial charge in [0.2, 0.25) is 0 Å². The van der Waals surface area contributed by atoms with Gasteiger partial charge in [-0.05, 0) is 26.0 Å². The third kappa shape index (κ3) is 2.09. The minimum absolute atomic E-state index is 0.995. The van der Waals surface area contributed by atoms with Crippen molar-refractivity contribution < 1.29 is 0 Å². The standard InChI is InChI=1S/C9H13N/c1-9(2)5-8-10-6-3-4-7-10/h3-7H,8H2,1-2H3. The molecule has 0 saturated carbocycles. The summed E-state index contributed by atoms with van der Waals surface area (Å²) in [6.07, 6.45) is 6.35. The van der Waals surface area contributed by atoms with Crippen molar-refractivity contribution in [3.63, 3.8) is 0 Å². The molecular formula is C9H13N. The van der Waals surface area contributed by atoms with Crippen molar-refractivity contribution in [3.05, 3.63) is 36.2 Å². The summed E-state index contributed by atoms with van der Waals surface area (Å²) in [6.45, 7) is 5.22. The molecule has 0 amide bonds. The summed E-state index contributed by atoms with van der Waals surface area (Å²) >= 11 is 0. The van der Waals surface area contributed by atoms with E-state index in [2.05, 4.69) is 36.9 Å². The van der Waals surface area contributed by atoms with Gasteiger partial charge in [0, 0.05) is 18.9 Å². The Morgan fingerprint density at radius 1 is 1.30 bits per heavy atom. The van der Waals surface area contributed by atoms with Gasteiger partial charge in [-0.15, -0.1) is 0 Å².